The molecule has 3 rings (SSSR count). The Labute approximate surface area is 217 Å². The van der Waals surface area contributed by atoms with E-state index in [1.807, 2.05) is 68.4 Å². The molecule has 0 aromatic heterocycles. The monoisotopic (exact) mass is 499 g/mol. The fourth-order valence-electron chi connectivity index (χ4n) is 3.77. The summed E-state index contributed by atoms with van der Waals surface area (Å²) in [5.74, 6) is -1.44. The number of aldehydes is 1. The lowest BCUT2D eigenvalue weighted by Gasteiger charge is -2.23. The van der Waals surface area contributed by atoms with Crippen molar-refractivity contribution in [3.05, 3.63) is 96.1 Å². The van der Waals surface area contributed by atoms with Crippen molar-refractivity contribution in [2.75, 3.05) is 0 Å². The molecule has 0 aliphatic carbocycles. The Balaban J connectivity index is 1.75. The molecular weight excluding hydrogens is 466 g/mol. The molecule has 0 aliphatic heterocycles. The molecule has 0 aliphatic rings. The minimum Gasteiger partial charge on any atom is -0.345 e. The second-order valence-corrected chi connectivity index (χ2v) is 9.30. The zero-order valence-electron chi connectivity index (χ0n) is 21.3. The van der Waals surface area contributed by atoms with E-state index in [0.29, 0.717) is 11.8 Å². The SMILES string of the molecule is CC(C)[C@@H](C=O)NC(=O)[C@H](C)NC(=O)C(Cc1ccc(-c2ccccc2)cc1)NC(=O)c1ccccc1. The van der Waals surface area contributed by atoms with E-state index in [0.717, 1.165) is 16.7 Å². The van der Waals surface area contributed by atoms with Crippen LogP contribution in [0.4, 0.5) is 0 Å². The molecule has 0 fully saturated rings. The standard InChI is InChI=1S/C30H33N3O4/c1-20(2)27(19-34)33-28(35)21(3)31-30(37)26(32-29(36)25-12-8-5-9-13-25)18-22-14-16-24(17-15-22)23-10-6-4-7-11-23/h4-17,19-21,26-27H,18H2,1-3H3,(H,31,37)(H,32,36)(H,33,35)/t21-,26?,27+/m0/s1. The summed E-state index contributed by atoms with van der Waals surface area (Å²) in [6, 6.07) is 23.9. The van der Waals surface area contributed by atoms with Crippen molar-refractivity contribution in [1.82, 2.24) is 16.0 Å². The van der Waals surface area contributed by atoms with Gasteiger partial charge in [-0.1, -0.05) is 86.6 Å². The Morgan fingerprint density at radius 3 is 1.84 bits per heavy atom. The maximum absolute atomic E-state index is 13.2. The van der Waals surface area contributed by atoms with Crippen molar-refractivity contribution >= 4 is 24.0 Å². The van der Waals surface area contributed by atoms with E-state index in [4.69, 9.17) is 0 Å². The van der Waals surface area contributed by atoms with Gasteiger partial charge < -0.3 is 20.7 Å². The van der Waals surface area contributed by atoms with Gasteiger partial charge >= 0.3 is 0 Å². The Bertz CT molecular complexity index is 1190. The van der Waals surface area contributed by atoms with E-state index in [9.17, 15) is 19.2 Å². The largest absolute Gasteiger partial charge is 0.345 e. The maximum atomic E-state index is 13.2. The van der Waals surface area contributed by atoms with Crippen molar-refractivity contribution in [3.63, 3.8) is 0 Å². The van der Waals surface area contributed by atoms with Gasteiger partial charge in [-0.25, -0.2) is 0 Å². The van der Waals surface area contributed by atoms with Crippen LogP contribution in [0, 0.1) is 5.92 Å². The van der Waals surface area contributed by atoms with Crippen LogP contribution in [0.15, 0.2) is 84.9 Å². The van der Waals surface area contributed by atoms with Crippen molar-refractivity contribution < 1.29 is 19.2 Å². The van der Waals surface area contributed by atoms with E-state index < -0.39 is 29.9 Å². The fourth-order valence-corrected chi connectivity index (χ4v) is 3.77. The summed E-state index contributed by atoms with van der Waals surface area (Å²) >= 11 is 0. The summed E-state index contributed by atoms with van der Waals surface area (Å²) in [7, 11) is 0. The maximum Gasteiger partial charge on any atom is 0.251 e. The lowest BCUT2D eigenvalue weighted by Crippen LogP contribution is -2.55. The van der Waals surface area contributed by atoms with Crippen molar-refractivity contribution in [3.8, 4) is 11.1 Å². The van der Waals surface area contributed by atoms with Gasteiger partial charge in [-0.2, -0.15) is 0 Å². The van der Waals surface area contributed by atoms with Gasteiger partial charge in [0, 0.05) is 12.0 Å². The van der Waals surface area contributed by atoms with Crippen LogP contribution in [0.1, 0.15) is 36.7 Å². The average Bonchev–Trinajstić information content (AvgIpc) is 2.92. The first-order chi connectivity index (χ1) is 17.8. The van der Waals surface area contributed by atoms with Crippen molar-refractivity contribution in [1.29, 1.82) is 0 Å². The summed E-state index contributed by atoms with van der Waals surface area (Å²) in [5.41, 5.74) is 3.40. The number of benzene rings is 3. The summed E-state index contributed by atoms with van der Waals surface area (Å²) in [6.45, 7) is 5.18. The number of rotatable bonds is 11. The number of amides is 3. The molecule has 7 heteroatoms. The molecule has 0 saturated heterocycles. The lowest BCUT2D eigenvalue weighted by atomic mass is 10.00. The highest BCUT2D eigenvalue weighted by Crippen LogP contribution is 2.20. The second kappa shape index (κ2) is 13.2. The number of hydrogen-bond acceptors (Lipinski definition) is 4. The van der Waals surface area contributed by atoms with Crippen LogP contribution in [0.2, 0.25) is 0 Å². The Morgan fingerprint density at radius 2 is 1.27 bits per heavy atom. The highest BCUT2D eigenvalue weighted by atomic mass is 16.2. The summed E-state index contributed by atoms with van der Waals surface area (Å²) < 4.78 is 0. The Kier molecular flexibility index (Phi) is 9.72. The normalized spacial score (nSPS) is 13.2. The van der Waals surface area contributed by atoms with Gasteiger partial charge in [-0.05, 0) is 41.7 Å². The highest BCUT2D eigenvalue weighted by molar-refractivity contribution is 5.98. The van der Waals surface area contributed by atoms with Gasteiger partial charge in [0.1, 0.15) is 18.4 Å². The summed E-state index contributed by atoms with van der Waals surface area (Å²) in [5, 5.41) is 8.12. The van der Waals surface area contributed by atoms with Crippen LogP contribution in [-0.4, -0.2) is 42.1 Å². The van der Waals surface area contributed by atoms with Gasteiger partial charge in [-0.15, -0.1) is 0 Å². The Hall–Kier alpha value is -4.26. The molecule has 192 valence electrons. The molecular formula is C30H33N3O4. The third-order valence-electron chi connectivity index (χ3n) is 6.08. The molecule has 0 radical (unpaired) electrons. The van der Waals surface area contributed by atoms with Crippen molar-refractivity contribution in [2.24, 2.45) is 5.92 Å². The predicted molar refractivity (Wildman–Crippen MR) is 144 cm³/mol. The van der Waals surface area contributed by atoms with E-state index in [-0.39, 0.29) is 18.2 Å². The molecule has 3 aromatic carbocycles. The van der Waals surface area contributed by atoms with Gasteiger partial charge in [0.15, 0.2) is 0 Å². The van der Waals surface area contributed by atoms with Gasteiger partial charge in [0.25, 0.3) is 5.91 Å². The molecule has 3 amide bonds. The van der Waals surface area contributed by atoms with Gasteiger partial charge in [0.05, 0.1) is 6.04 Å². The first-order valence-electron chi connectivity index (χ1n) is 12.3. The zero-order chi connectivity index (χ0) is 26.8. The quantitative estimate of drug-likeness (QED) is 0.351. The first-order valence-corrected chi connectivity index (χ1v) is 12.3. The molecule has 3 N–H and O–H groups in total. The molecule has 0 saturated carbocycles. The third-order valence-corrected chi connectivity index (χ3v) is 6.08. The third kappa shape index (κ3) is 7.87. The molecule has 7 nitrogen and oxygen atoms in total. The second-order valence-electron chi connectivity index (χ2n) is 9.30. The van der Waals surface area contributed by atoms with E-state index in [2.05, 4.69) is 16.0 Å². The molecule has 37 heavy (non-hydrogen) atoms. The zero-order valence-corrected chi connectivity index (χ0v) is 21.3. The first kappa shape index (κ1) is 27.3. The van der Waals surface area contributed by atoms with Crippen molar-refractivity contribution in [2.45, 2.75) is 45.3 Å². The minimum atomic E-state index is -0.919. The molecule has 3 aromatic rings. The van der Waals surface area contributed by atoms with Crippen LogP contribution in [0.5, 0.6) is 0 Å². The van der Waals surface area contributed by atoms with E-state index >= 15 is 0 Å². The summed E-state index contributed by atoms with van der Waals surface area (Å²) in [4.78, 5) is 49.9. The van der Waals surface area contributed by atoms with Gasteiger partial charge in [-0.3, -0.25) is 14.4 Å². The molecule has 0 bridgehead atoms. The number of carbonyl (C=O) groups excluding carboxylic acids is 4. The summed E-state index contributed by atoms with van der Waals surface area (Å²) in [6.07, 6.45) is 0.913. The number of nitrogens with one attached hydrogen (secondary N) is 3. The number of hydrogen-bond donors (Lipinski definition) is 3. The molecule has 1 unspecified atom stereocenters. The lowest BCUT2D eigenvalue weighted by molar-refractivity contribution is -0.130. The topological polar surface area (TPSA) is 104 Å². The predicted octanol–water partition coefficient (Wildman–Crippen LogP) is 3.54. The van der Waals surface area contributed by atoms with Gasteiger partial charge in [0.2, 0.25) is 11.8 Å². The molecule has 0 spiro atoms. The van der Waals surface area contributed by atoms with Crippen LogP contribution < -0.4 is 16.0 Å². The highest BCUT2D eigenvalue weighted by Gasteiger charge is 2.26. The van der Waals surface area contributed by atoms with E-state index in [1.54, 1.807) is 37.3 Å². The minimum absolute atomic E-state index is 0.0823. The average molecular weight is 500 g/mol. The molecule has 3 atom stereocenters. The fraction of sp³-hybridized carbons (Fsp3) is 0.267. The van der Waals surface area contributed by atoms with Crippen LogP contribution in [0.3, 0.4) is 0 Å². The molecule has 0 heterocycles. The smallest absolute Gasteiger partial charge is 0.251 e. The number of carbonyl (C=O) groups is 4. The van der Waals surface area contributed by atoms with Crippen LogP contribution >= 0.6 is 0 Å². The van der Waals surface area contributed by atoms with Crippen LogP contribution in [0.25, 0.3) is 11.1 Å². The Morgan fingerprint density at radius 1 is 0.703 bits per heavy atom. The van der Waals surface area contributed by atoms with E-state index in [1.165, 1.54) is 0 Å². The van der Waals surface area contributed by atoms with Crippen LogP contribution in [-0.2, 0) is 20.8 Å².